The Hall–Kier alpha value is -1.55. The summed E-state index contributed by atoms with van der Waals surface area (Å²) in [5.74, 6) is 1.71. The Balaban J connectivity index is 1.64. The molecule has 1 saturated heterocycles. The van der Waals surface area contributed by atoms with Crippen molar-refractivity contribution in [1.29, 1.82) is 0 Å². The molecule has 1 unspecified atom stereocenters. The Morgan fingerprint density at radius 2 is 2.15 bits per heavy atom. The van der Waals surface area contributed by atoms with Crippen molar-refractivity contribution in [2.24, 2.45) is 13.0 Å². The minimum atomic E-state index is 0.663. The van der Waals surface area contributed by atoms with E-state index in [0.717, 1.165) is 23.9 Å². The molecular weight excluding hydrogens is 248 g/mol. The van der Waals surface area contributed by atoms with Crippen LogP contribution in [0.1, 0.15) is 20.3 Å². The molecule has 0 amide bonds. The van der Waals surface area contributed by atoms with Crippen LogP contribution in [0.4, 0.5) is 5.95 Å². The van der Waals surface area contributed by atoms with Gasteiger partial charge in [0.15, 0.2) is 0 Å². The predicted molar refractivity (Wildman–Crippen MR) is 84.0 cm³/mol. The standard InChI is InChI=1S/C16H24N4/c1-12(2)20-9-8-13(11-20)10-17-16-18-14-6-4-5-7-15(14)19(16)3/h4-7,12-13H,8-11H2,1-3H3,(H,17,18). The van der Waals surface area contributed by atoms with Crippen LogP contribution < -0.4 is 5.32 Å². The Kier molecular flexibility index (Phi) is 3.66. The second-order valence-corrected chi connectivity index (χ2v) is 6.11. The molecule has 0 saturated carbocycles. The molecule has 0 spiro atoms. The van der Waals surface area contributed by atoms with Crippen LogP contribution in [0.2, 0.25) is 0 Å². The van der Waals surface area contributed by atoms with E-state index in [-0.39, 0.29) is 0 Å². The summed E-state index contributed by atoms with van der Waals surface area (Å²) < 4.78 is 2.14. The van der Waals surface area contributed by atoms with Gasteiger partial charge in [-0.15, -0.1) is 0 Å². The Labute approximate surface area is 120 Å². The lowest BCUT2D eigenvalue weighted by Crippen LogP contribution is -2.29. The van der Waals surface area contributed by atoms with Gasteiger partial charge in [0.2, 0.25) is 5.95 Å². The van der Waals surface area contributed by atoms with Gasteiger partial charge in [0.1, 0.15) is 0 Å². The van der Waals surface area contributed by atoms with Crippen LogP contribution in [0.15, 0.2) is 24.3 Å². The number of aromatic nitrogens is 2. The van der Waals surface area contributed by atoms with E-state index < -0.39 is 0 Å². The van der Waals surface area contributed by atoms with Crippen molar-refractivity contribution < 1.29 is 0 Å². The molecule has 2 heterocycles. The second kappa shape index (κ2) is 5.44. The van der Waals surface area contributed by atoms with E-state index >= 15 is 0 Å². The minimum absolute atomic E-state index is 0.663. The summed E-state index contributed by atoms with van der Waals surface area (Å²) in [5, 5.41) is 3.53. The maximum atomic E-state index is 4.67. The van der Waals surface area contributed by atoms with E-state index in [9.17, 15) is 0 Å². The van der Waals surface area contributed by atoms with E-state index in [1.165, 1.54) is 25.0 Å². The lowest BCUT2D eigenvalue weighted by atomic mass is 10.1. The molecule has 1 aliphatic heterocycles. The molecule has 4 nitrogen and oxygen atoms in total. The van der Waals surface area contributed by atoms with Crippen LogP contribution >= 0.6 is 0 Å². The summed E-state index contributed by atoms with van der Waals surface area (Å²) >= 11 is 0. The first kappa shape index (κ1) is 13.4. The van der Waals surface area contributed by atoms with E-state index in [1.807, 2.05) is 6.07 Å². The molecule has 1 N–H and O–H groups in total. The molecule has 0 radical (unpaired) electrons. The fourth-order valence-corrected chi connectivity index (χ4v) is 3.04. The molecule has 1 fully saturated rings. The zero-order valence-electron chi connectivity index (χ0n) is 12.6. The first-order valence-electron chi connectivity index (χ1n) is 7.54. The fourth-order valence-electron chi connectivity index (χ4n) is 3.04. The number of hydrogen-bond donors (Lipinski definition) is 1. The number of anilines is 1. The quantitative estimate of drug-likeness (QED) is 0.929. The van der Waals surface area contributed by atoms with Gasteiger partial charge in [-0.05, 0) is 44.9 Å². The first-order valence-corrected chi connectivity index (χ1v) is 7.54. The number of aryl methyl sites for hydroxylation is 1. The molecule has 1 aromatic carbocycles. The summed E-state index contributed by atoms with van der Waals surface area (Å²) in [5.41, 5.74) is 2.25. The van der Waals surface area contributed by atoms with Crippen molar-refractivity contribution >= 4 is 17.0 Å². The van der Waals surface area contributed by atoms with Gasteiger partial charge in [-0.25, -0.2) is 4.98 Å². The highest BCUT2D eigenvalue weighted by molar-refractivity contribution is 5.78. The van der Waals surface area contributed by atoms with Crippen molar-refractivity contribution in [3.63, 3.8) is 0 Å². The zero-order valence-corrected chi connectivity index (χ0v) is 12.6. The third-order valence-corrected chi connectivity index (χ3v) is 4.38. The number of nitrogens with zero attached hydrogens (tertiary/aromatic N) is 3. The van der Waals surface area contributed by atoms with Crippen LogP contribution in [-0.4, -0.2) is 40.1 Å². The van der Waals surface area contributed by atoms with Gasteiger partial charge in [0.25, 0.3) is 0 Å². The Morgan fingerprint density at radius 3 is 2.85 bits per heavy atom. The molecule has 3 rings (SSSR count). The fraction of sp³-hybridized carbons (Fsp3) is 0.562. The molecular formula is C16H24N4. The molecule has 0 aliphatic carbocycles. The number of fused-ring (bicyclic) bond motifs is 1. The van der Waals surface area contributed by atoms with Crippen molar-refractivity contribution in [2.45, 2.75) is 26.3 Å². The van der Waals surface area contributed by atoms with Crippen LogP contribution in [0.3, 0.4) is 0 Å². The van der Waals surface area contributed by atoms with Crippen LogP contribution in [0.25, 0.3) is 11.0 Å². The van der Waals surface area contributed by atoms with Gasteiger partial charge in [-0.2, -0.15) is 0 Å². The minimum Gasteiger partial charge on any atom is -0.355 e. The average molecular weight is 272 g/mol. The highest BCUT2D eigenvalue weighted by Gasteiger charge is 2.24. The molecule has 0 bridgehead atoms. The van der Waals surface area contributed by atoms with Gasteiger partial charge in [-0.1, -0.05) is 12.1 Å². The normalized spacial score (nSPS) is 20.1. The van der Waals surface area contributed by atoms with Gasteiger partial charge >= 0.3 is 0 Å². The highest BCUT2D eigenvalue weighted by Crippen LogP contribution is 2.21. The number of likely N-dealkylation sites (tertiary alicyclic amines) is 1. The lowest BCUT2D eigenvalue weighted by Gasteiger charge is -2.20. The number of hydrogen-bond acceptors (Lipinski definition) is 3. The van der Waals surface area contributed by atoms with E-state index in [4.69, 9.17) is 0 Å². The van der Waals surface area contributed by atoms with Crippen molar-refractivity contribution in [2.75, 3.05) is 25.0 Å². The van der Waals surface area contributed by atoms with Gasteiger partial charge in [0.05, 0.1) is 11.0 Å². The maximum Gasteiger partial charge on any atom is 0.203 e. The third-order valence-electron chi connectivity index (χ3n) is 4.38. The number of rotatable bonds is 4. The molecule has 1 aliphatic rings. The van der Waals surface area contributed by atoms with Gasteiger partial charge in [-0.3, -0.25) is 0 Å². The van der Waals surface area contributed by atoms with E-state index in [2.05, 4.69) is 58.9 Å². The maximum absolute atomic E-state index is 4.67. The third kappa shape index (κ3) is 2.52. The number of imidazole rings is 1. The second-order valence-electron chi connectivity index (χ2n) is 6.11. The monoisotopic (exact) mass is 272 g/mol. The molecule has 4 heteroatoms. The number of benzene rings is 1. The van der Waals surface area contributed by atoms with Gasteiger partial charge < -0.3 is 14.8 Å². The molecule has 1 aromatic heterocycles. The van der Waals surface area contributed by atoms with Crippen molar-refractivity contribution in [1.82, 2.24) is 14.5 Å². The zero-order chi connectivity index (χ0) is 14.1. The highest BCUT2D eigenvalue weighted by atomic mass is 15.2. The molecule has 20 heavy (non-hydrogen) atoms. The van der Waals surface area contributed by atoms with Crippen LogP contribution in [0.5, 0.6) is 0 Å². The predicted octanol–water partition coefficient (Wildman–Crippen LogP) is 2.72. The SMILES string of the molecule is CC(C)N1CCC(CNc2nc3ccccc3n2C)C1. The summed E-state index contributed by atoms with van der Waals surface area (Å²) in [7, 11) is 2.08. The average Bonchev–Trinajstić information content (AvgIpc) is 3.03. The number of para-hydroxylation sites is 2. The summed E-state index contributed by atoms with van der Waals surface area (Å²) in [6.45, 7) is 8.00. The van der Waals surface area contributed by atoms with Crippen LogP contribution in [0, 0.1) is 5.92 Å². The Morgan fingerprint density at radius 1 is 1.35 bits per heavy atom. The van der Waals surface area contributed by atoms with E-state index in [0.29, 0.717) is 6.04 Å². The summed E-state index contributed by atoms with van der Waals surface area (Å²) in [6.07, 6.45) is 1.29. The Bertz CT molecular complexity index is 587. The van der Waals surface area contributed by atoms with Crippen molar-refractivity contribution in [3.05, 3.63) is 24.3 Å². The largest absolute Gasteiger partial charge is 0.355 e. The van der Waals surface area contributed by atoms with Crippen molar-refractivity contribution in [3.8, 4) is 0 Å². The molecule has 1 atom stereocenters. The summed E-state index contributed by atoms with van der Waals surface area (Å²) in [4.78, 5) is 7.22. The van der Waals surface area contributed by atoms with E-state index in [1.54, 1.807) is 0 Å². The number of nitrogens with one attached hydrogen (secondary N) is 1. The first-order chi connectivity index (χ1) is 9.65. The topological polar surface area (TPSA) is 33.1 Å². The summed E-state index contributed by atoms with van der Waals surface area (Å²) in [6, 6.07) is 8.94. The smallest absolute Gasteiger partial charge is 0.203 e. The molecule has 2 aromatic rings. The lowest BCUT2D eigenvalue weighted by molar-refractivity contribution is 0.266. The van der Waals surface area contributed by atoms with Gasteiger partial charge in [0, 0.05) is 26.2 Å². The molecule has 108 valence electrons. The van der Waals surface area contributed by atoms with Crippen LogP contribution in [-0.2, 0) is 7.05 Å².